The summed E-state index contributed by atoms with van der Waals surface area (Å²) < 4.78 is 27.2. The molecule has 24 heavy (non-hydrogen) atoms. The molecule has 1 aromatic heterocycles. The van der Waals surface area contributed by atoms with Crippen LogP contribution in [0.4, 0.5) is 8.78 Å². The molecule has 2 saturated heterocycles. The monoisotopic (exact) mass is 339 g/mol. The van der Waals surface area contributed by atoms with Crippen LogP contribution in [0.3, 0.4) is 0 Å². The molecule has 3 heterocycles. The summed E-state index contributed by atoms with van der Waals surface area (Å²) in [6.07, 6.45) is 4.74. The van der Waals surface area contributed by atoms with Gasteiger partial charge in [0.1, 0.15) is 0 Å². The van der Waals surface area contributed by atoms with E-state index in [0.717, 1.165) is 5.56 Å². The number of amides is 1. The van der Waals surface area contributed by atoms with Crippen LogP contribution in [0.25, 0.3) is 0 Å². The molecule has 0 aromatic carbocycles. The number of aromatic nitrogens is 1. The van der Waals surface area contributed by atoms with E-state index in [9.17, 15) is 18.7 Å². The number of aliphatic hydroxyl groups is 1. The maximum atomic E-state index is 13.6. The molecule has 1 atom stereocenters. The molecule has 0 radical (unpaired) electrons. The third kappa shape index (κ3) is 3.89. The van der Waals surface area contributed by atoms with E-state index in [1.807, 2.05) is 6.07 Å². The zero-order chi connectivity index (χ0) is 17.2. The molecule has 1 aromatic rings. The highest BCUT2D eigenvalue weighted by molar-refractivity contribution is 5.78. The Morgan fingerprint density at radius 3 is 2.75 bits per heavy atom. The van der Waals surface area contributed by atoms with E-state index in [-0.39, 0.29) is 31.5 Å². The van der Waals surface area contributed by atoms with Crippen LogP contribution in [0.1, 0.15) is 24.8 Å². The lowest BCUT2D eigenvalue weighted by atomic mass is 10.0. The molecular formula is C17H23F2N3O2. The average molecular weight is 339 g/mol. The summed E-state index contributed by atoms with van der Waals surface area (Å²) in [4.78, 5) is 19.9. The first kappa shape index (κ1) is 17.2. The number of hydrogen-bond donors (Lipinski definition) is 1. The van der Waals surface area contributed by atoms with Gasteiger partial charge in [0, 0.05) is 44.0 Å². The third-order valence-corrected chi connectivity index (χ3v) is 4.99. The fraction of sp³-hybridized carbons (Fsp3) is 0.647. The highest BCUT2D eigenvalue weighted by Crippen LogP contribution is 2.35. The lowest BCUT2D eigenvalue weighted by Gasteiger charge is -2.38. The molecule has 0 unspecified atom stereocenters. The van der Waals surface area contributed by atoms with Crippen molar-refractivity contribution in [2.45, 2.75) is 43.7 Å². The normalized spacial score (nSPS) is 25.1. The second-order valence-electron chi connectivity index (χ2n) is 6.72. The van der Waals surface area contributed by atoms with Gasteiger partial charge in [-0.1, -0.05) is 6.07 Å². The molecule has 1 N–H and O–H groups in total. The fourth-order valence-electron chi connectivity index (χ4n) is 3.76. The van der Waals surface area contributed by atoms with Crippen molar-refractivity contribution < 1.29 is 18.7 Å². The Bertz CT molecular complexity index is 562. The first-order valence-corrected chi connectivity index (χ1v) is 8.39. The number of hydrogen-bond acceptors (Lipinski definition) is 4. The molecule has 132 valence electrons. The molecule has 2 aliphatic heterocycles. The van der Waals surface area contributed by atoms with Crippen molar-refractivity contribution in [3.05, 3.63) is 30.1 Å². The zero-order valence-corrected chi connectivity index (χ0v) is 13.6. The Labute approximate surface area is 140 Å². The largest absolute Gasteiger partial charge is 0.395 e. The predicted octanol–water partition coefficient (Wildman–Crippen LogP) is 1.32. The minimum absolute atomic E-state index is 0.0120. The van der Waals surface area contributed by atoms with Gasteiger partial charge in [0.2, 0.25) is 5.91 Å². The SMILES string of the molecule is O=C(Cc1cccnc1)N1CCC(N2CC(F)(F)C[C@H]2CO)CC1. The maximum absolute atomic E-state index is 13.6. The molecule has 7 heteroatoms. The highest BCUT2D eigenvalue weighted by Gasteiger charge is 2.47. The molecule has 0 spiro atoms. The minimum atomic E-state index is -2.72. The number of carbonyl (C=O) groups excluding carboxylic acids is 1. The summed E-state index contributed by atoms with van der Waals surface area (Å²) in [5, 5.41) is 9.36. The Hall–Kier alpha value is -1.60. The molecule has 5 nitrogen and oxygen atoms in total. The van der Waals surface area contributed by atoms with Gasteiger partial charge in [-0.05, 0) is 24.5 Å². The zero-order valence-electron chi connectivity index (χ0n) is 13.6. The van der Waals surface area contributed by atoms with Gasteiger partial charge in [-0.3, -0.25) is 14.7 Å². The van der Waals surface area contributed by atoms with Gasteiger partial charge in [0.15, 0.2) is 0 Å². The van der Waals surface area contributed by atoms with Crippen molar-refractivity contribution >= 4 is 5.91 Å². The van der Waals surface area contributed by atoms with Gasteiger partial charge < -0.3 is 10.0 Å². The van der Waals surface area contributed by atoms with Crippen LogP contribution in [-0.2, 0) is 11.2 Å². The second kappa shape index (κ2) is 7.11. The van der Waals surface area contributed by atoms with Gasteiger partial charge in [0.25, 0.3) is 5.92 Å². The number of nitrogens with zero attached hydrogens (tertiary/aromatic N) is 3. The van der Waals surface area contributed by atoms with Gasteiger partial charge in [-0.25, -0.2) is 8.78 Å². The van der Waals surface area contributed by atoms with Crippen LogP contribution in [0.15, 0.2) is 24.5 Å². The maximum Gasteiger partial charge on any atom is 0.262 e. The number of aliphatic hydroxyl groups excluding tert-OH is 1. The Morgan fingerprint density at radius 1 is 1.38 bits per heavy atom. The summed E-state index contributed by atoms with van der Waals surface area (Å²) in [7, 11) is 0. The minimum Gasteiger partial charge on any atom is -0.395 e. The van der Waals surface area contributed by atoms with Crippen molar-refractivity contribution in [1.29, 1.82) is 0 Å². The van der Waals surface area contributed by atoms with E-state index < -0.39 is 12.0 Å². The van der Waals surface area contributed by atoms with E-state index in [0.29, 0.717) is 32.4 Å². The third-order valence-electron chi connectivity index (χ3n) is 4.99. The molecular weight excluding hydrogens is 316 g/mol. The standard InChI is InChI=1S/C17H23F2N3O2/c18-17(19)9-15(11-23)22(12-17)14-3-6-21(7-4-14)16(24)8-13-2-1-5-20-10-13/h1-2,5,10,14-15,23H,3-4,6-9,11-12H2/t15-/m0/s1. The van der Waals surface area contributed by atoms with E-state index in [1.54, 1.807) is 28.3 Å². The average Bonchev–Trinajstić information content (AvgIpc) is 2.91. The summed E-state index contributed by atoms with van der Waals surface area (Å²) in [5.74, 6) is -2.67. The van der Waals surface area contributed by atoms with Gasteiger partial charge in [-0.15, -0.1) is 0 Å². The lowest BCUT2D eigenvalue weighted by molar-refractivity contribution is -0.132. The van der Waals surface area contributed by atoms with E-state index in [4.69, 9.17) is 0 Å². The molecule has 3 rings (SSSR count). The van der Waals surface area contributed by atoms with Crippen LogP contribution in [-0.4, -0.2) is 70.0 Å². The highest BCUT2D eigenvalue weighted by atomic mass is 19.3. The summed E-state index contributed by atoms with van der Waals surface area (Å²) >= 11 is 0. The summed E-state index contributed by atoms with van der Waals surface area (Å²) in [6.45, 7) is 0.621. The van der Waals surface area contributed by atoms with Crippen LogP contribution in [0.5, 0.6) is 0 Å². The quantitative estimate of drug-likeness (QED) is 0.899. The fourth-order valence-corrected chi connectivity index (χ4v) is 3.76. The van der Waals surface area contributed by atoms with Crippen molar-refractivity contribution in [3.8, 4) is 0 Å². The van der Waals surface area contributed by atoms with Crippen molar-refractivity contribution in [3.63, 3.8) is 0 Å². The Morgan fingerprint density at radius 2 is 2.12 bits per heavy atom. The van der Waals surface area contributed by atoms with E-state index >= 15 is 0 Å². The number of piperidine rings is 1. The Balaban J connectivity index is 1.53. The summed E-state index contributed by atoms with van der Waals surface area (Å²) in [6, 6.07) is 3.22. The van der Waals surface area contributed by atoms with Crippen LogP contribution in [0.2, 0.25) is 0 Å². The molecule has 2 aliphatic rings. The number of rotatable bonds is 4. The number of likely N-dealkylation sites (tertiary alicyclic amines) is 2. The Kier molecular flexibility index (Phi) is 5.10. The van der Waals surface area contributed by atoms with E-state index in [2.05, 4.69) is 4.98 Å². The number of alkyl halides is 2. The number of carbonyl (C=O) groups is 1. The van der Waals surface area contributed by atoms with Crippen LogP contribution < -0.4 is 0 Å². The summed E-state index contributed by atoms with van der Waals surface area (Å²) in [5.41, 5.74) is 0.879. The van der Waals surface area contributed by atoms with Gasteiger partial charge in [-0.2, -0.15) is 0 Å². The number of halogens is 2. The van der Waals surface area contributed by atoms with Crippen molar-refractivity contribution in [2.75, 3.05) is 26.2 Å². The predicted molar refractivity (Wildman–Crippen MR) is 84.7 cm³/mol. The smallest absolute Gasteiger partial charge is 0.262 e. The first-order valence-electron chi connectivity index (χ1n) is 8.39. The lowest BCUT2D eigenvalue weighted by Crippen LogP contribution is -2.49. The van der Waals surface area contributed by atoms with Crippen molar-refractivity contribution in [1.82, 2.24) is 14.8 Å². The first-order chi connectivity index (χ1) is 11.5. The molecule has 0 bridgehead atoms. The van der Waals surface area contributed by atoms with Gasteiger partial charge >= 0.3 is 0 Å². The second-order valence-corrected chi connectivity index (χ2v) is 6.72. The molecule has 2 fully saturated rings. The van der Waals surface area contributed by atoms with Crippen molar-refractivity contribution in [2.24, 2.45) is 0 Å². The topological polar surface area (TPSA) is 56.7 Å². The number of pyridine rings is 1. The van der Waals surface area contributed by atoms with Crippen LogP contribution in [0, 0.1) is 0 Å². The molecule has 0 aliphatic carbocycles. The van der Waals surface area contributed by atoms with Gasteiger partial charge in [0.05, 0.1) is 19.6 Å². The van der Waals surface area contributed by atoms with Crippen LogP contribution >= 0.6 is 0 Å². The molecule has 1 amide bonds. The van der Waals surface area contributed by atoms with E-state index in [1.165, 1.54) is 0 Å². The molecule has 0 saturated carbocycles.